The Labute approximate surface area is 75.6 Å². The molecule has 0 saturated carbocycles. The molecule has 0 bridgehead atoms. The molecular weight excluding hydrogens is 178 g/mol. The Morgan fingerprint density at radius 1 is 1.54 bits per heavy atom. The highest BCUT2D eigenvalue weighted by Gasteiger charge is 2.15. The summed E-state index contributed by atoms with van der Waals surface area (Å²) in [5.41, 5.74) is 5.10. The Balaban J connectivity index is 3.61. The van der Waals surface area contributed by atoms with E-state index in [2.05, 4.69) is 4.74 Å². The Bertz CT molecular complexity index is 182. The van der Waals surface area contributed by atoms with E-state index in [0.29, 0.717) is 0 Å². The fourth-order valence-electron chi connectivity index (χ4n) is 0.627. The van der Waals surface area contributed by atoms with Crippen LogP contribution < -0.4 is 5.73 Å². The second kappa shape index (κ2) is 6.38. The summed E-state index contributed by atoms with van der Waals surface area (Å²) in [5, 5.41) is 8.47. The lowest BCUT2D eigenvalue weighted by Crippen LogP contribution is -2.32. The number of carbonyl (C=O) groups is 2. The van der Waals surface area contributed by atoms with Crippen LogP contribution in [0.3, 0.4) is 0 Å². The highest BCUT2D eigenvalue weighted by molar-refractivity contribution is 5.72. The standard InChI is InChI=1S/C7H13NO5/c1-12-6(9)2-3-13-5(4-8)7(10)11/h5H,2-4,8H2,1H3,(H,10,11)/t5-/m0/s1. The van der Waals surface area contributed by atoms with Crippen LogP contribution in [0.2, 0.25) is 0 Å². The number of esters is 1. The monoisotopic (exact) mass is 191 g/mol. The molecule has 6 nitrogen and oxygen atoms in total. The van der Waals surface area contributed by atoms with Crippen LogP contribution in [0.25, 0.3) is 0 Å². The van der Waals surface area contributed by atoms with E-state index < -0.39 is 18.0 Å². The van der Waals surface area contributed by atoms with E-state index >= 15 is 0 Å². The van der Waals surface area contributed by atoms with Gasteiger partial charge in [0.1, 0.15) is 0 Å². The van der Waals surface area contributed by atoms with Gasteiger partial charge in [0, 0.05) is 6.54 Å². The van der Waals surface area contributed by atoms with Crippen LogP contribution in [0, 0.1) is 0 Å². The highest BCUT2D eigenvalue weighted by atomic mass is 16.5. The lowest BCUT2D eigenvalue weighted by Gasteiger charge is -2.09. The molecule has 0 aromatic heterocycles. The van der Waals surface area contributed by atoms with E-state index in [-0.39, 0.29) is 19.6 Å². The first-order valence-corrected chi connectivity index (χ1v) is 3.73. The maximum atomic E-state index is 10.6. The van der Waals surface area contributed by atoms with Crippen LogP contribution in [-0.2, 0) is 19.1 Å². The Morgan fingerprint density at radius 3 is 2.54 bits per heavy atom. The van der Waals surface area contributed by atoms with E-state index in [0.717, 1.165) is 0 Å². The predicted molar refractivity (Wildman–Crippen MR) is 43.1 cm³/mol. The van der Waals surface area contributed by atoms with Gasteiger partial charge in [-0.15, -0.1) is 0 Å². The number of ether oxygens (including phenoxy) is 2. The minimum atomic E-state index is -1.13. The third-order valence-corrected chi connectivity index (χ3v) is 1.34. The van der Waals surface area contributed by atoms with Gasteiger partial charge in [-0.1, -0.05) is 0 Å². The second-order valence-corrected chi connectivity index (χ2v) is 2.26. The first kappa shape index (κ1) is 11.9. The zero-order valence-electron chi connectivity index (χ0n) is 7.36. The van der Waals surface area contributed by atoms with E-state index in [1.165, 1.54) is 7.11 Å². The summed E-state index contributed by atoms with van der Waals surface area (Å²) in [6, 6.07) is 0. The number of carbonyl (C=O) groups excluding carboxylic acids is 1. The van der Waals surface area contributed by atoms with Gasteiger partial charge in [-0.2, -0.15) is 0 Å². The lowest BCUT2D eigenvalue weighted by atomic mass is 10.3. The van der Waals surface area contributed by atoms with Crippen molar-refractivity contribution in [3.63, 3.8) is 0 Å². The molecule has 3 N–H and O–H groups in total. The molecule has 76 valence electrons. The predicted octanol–water partition coefficient (Wildman–Crippen LogP) is -1.02. The third kappa shape index (κ3) is 5.15. The minimum Gasteiger partial charge on any atom is -0.479 e. The van der Waals surface area contributed by atoms with Crippen molar-refractivity contribution >= 4 is 11.9 Å². The zero-order valence-corrected chi connectivity index (χ0v) is 7.36. The topological polar surface area (TPSA) is 98.9 Å². The van der Waals surface area contributed by atoms with Gasteiger partial charge in [-0.3, -0.25) is 4.79 Å². The number of hydrogen-bond acceptors (Lipinski definition) is 5. The van der Waals surface area contributed by atoms with Crippen molar-refractivity contribution in [1.82, 2.24) is 0 Å². The van der Waals surface area contributed by atoms with Gasteiger partial charge >= 0.3 is 11.9 Å². The van der Waals surface area contributed by atoms with Gasteiger partial charge in [0.05, 0.1) is 20.1 Å². The average Bonchev–Trinajstić information content (AvgIpc) is 2.11. The normalized spacial score (nSPS) is 12.2. The largest absolute Gasteiger partial charge is 0.479 e. The Morgan fingerprint density at radius 2 is 2.15 bits per heavy atom. The lowest BCUT2D eigenvalue weighted by molar-refractivity contribution is -0.152. The van der Waals surface area contributed by atoms with E-state index in [1.807, 2.05) is 0 Å². The number of carboxylic acids is 1. The second-order valence-electron chi connectivity index (χ2n) is 2.26. The fraction of sp³-hybridized carbons (Fsp3) is 0.714. The highest BCUT2D eigenvalue weighted by Crippen LogP contribution is 1.93. The van der Waals surface area contributed by atoms with Gasteiger partial charge in [0.15, 0.2) is 6.10 Å². The molecule has 0 rings (SSSR count). The van der Waals surface area contributed by atoms with Gasteiger partial charge in [-0.25, -0.2) is 4.79 Å². The molecule has 0 saturated heterocycles. The van der Waals surface area contributed by atoms with Crippen LogP contribution in [0.15, 0.2) is 0 Å². The number of hydrogen-bond donors (Lipinski definition) is 2. The van der Waals surface area contributed by atoms with Gasteiger partial charge in [0.25, 0.3) is 0 Å². The molecule has 0 spiro atoms. The number of methoxy groups -OCH3 is 1. The fourth-order valence-corrected chi connectivity index (χ4v) is 0.627. The molecule has 0 aliphatic rings. The quantitative estimate of drug-likeness (QED) is 0.521. The molecular formula is C7H13NO5. The molecule has 0 unspecified atom stereocenters. The van der Waals surface area contributed by atoms with Crippen LogP contribution in [0.1, 0.15) is 6.42 Å². The van der Waals surface area contributed by atoms with E-state index in [9.17, 15) is 9.59 Å². The average molecular weight is 191 g/mol. The summed E-state index contributed by atoms with van der Waals surface area (Å²) >= 11 is 0. The first-order valence-electron chi connectivity index (χ1n) is 3.73. The number of aliphatic carboxylic acids is 1. The van der Waals surface area contributed by atoms with Crippen molar-refractivity contribution < 1.29 is 24.2 Å². The molecule has 13 heavy (non-hydrogen) atoms. The Kier molecular flexibility index (Phi) is 5.82. The summed E-state index contributed by atoms with van der Waals surface area (Å²) < 4.78 is 9.13. The first-order chi connectivity index (χ1) is 6.11. The molecule has 0 aliphatic heterocycles. The number of rotatable bonds is 6. The summed E-state index contributed by atoms with van der Waals surface area (Å²) in [4.78, 5) is 20.9. The molecule has 0 aromatic rings. The van der Waals surface area contributed by atoms with Crippen LogP contribution in [0.4, 0.5) is 0 Å². The molecule has 0 fully saturated rings. The van der Waals surface area contributed by atoms with Crippen molar-refractivity contribution in [3.8, 4) is 0 Å². The van der Waals surface area contributed by atoms with Crippen LogP contribution >= 0.6 is 0 Å². The zero-order chi connectivity index (χ0) is 10.3. The van der Waals surface area contributed by atoms with Crippen molar-refractivity contribution in [3.05, 3.63) is 0 Å². The SMILES string of the molecule is COC(=O)CCO[C@@H](CN)C(=O)O. The summed E-state index contributed by atoms with van der Waals surface area (Å²) in [6.07, 6.45) is -1.02. The van der Waals surface area contributed by atoms with Gasteiger partial charge in [0.2, 0.25) is 0 Å². The van der Waals surface area contributed by atoms with Crippen LogP contribution in [0.5, 0.6) is 0 Å². The van der Waals surface area contributed by atoms with Crippen molar-refractivity contribution in [2.24, 2.45) is 5.73 Å². The number of nitrogens with two attached hydrogens (primary N) is 1. The van der Waals surface area contributed by atoms with Crippen molar-refractivity contribution in [1.29, 1.82) is 0 Å². The van der Waals surface area contributed by atoms with E-state index in [1.54, 1.807) is 0 Å². The molecule has 1 atom stereocenters. The molecule has 0 heterocycles. The van der Waals surface area contributed by atoms with E-state index in [4.69, 9.17) is 15.6 Å². The van der Waals surface area contributed by atoms with Crippen molar-refractivity contribution in [2.45, 2.75) is 12.5 Å². The summed E-state index contributed by atoms with van der Waals surface area (Å²) in [5.74, 6) is -1.58. The van der Waals surface area contributed by atoms with Gasteiger partial charge in [-0.05, 0) is 0 Å². The minimum absolute atomic E-state index is 0.000833. The molecule has 0 aliphatic carbocycles. The maximum absolute atomic E-state index is 10.6. The van der Waals surface area contributed by atoms with Crippen molar-refractivity contribution in [2.75, 3.05) is 20.3 Å². The molecule has 6 heteroatoms. The maximum Gasteiger partial charge on any atom is 0.334 e. The molecule has 0 radical (unpaired) electrons. The van der Waals surface area contributed by atoms with Crippen LogP contribution in [-0.4, -0.2) is 43.4 Å². The number of carboxylic acid groups (broad SMARTS) is 1. The molecule has 0 aromatic carbocycles. The summed E-state index contributed by atoms with van der Waals surface area (Å²) in [7, 11) is 1.25. The van der Waals surface area contributed by atoms with Gasteiger partial charge < -0.3 is 20.3 Å². The smallest absolute Gasteiger partial charge is 0.334 e. The third-order valence-electron chi connectivity index (χ3n) is 1.34. The Hall–Kier alpha value is -1.14. The summed E-state index contributed by atoms with van der Waals surface area (Å²) in [6.45, 7) is -0.114. The molecule has 0 amide bonds.